The molecule has 2 aromatic heterocycles. The Balaban J connectivity index is 2.20. The van der Waals surface area contributed by atoms with E-state index in [1.54, 1.807) is 0 Å². The molecule has 0 aliphatic rings. The third kappa shape index (κ3) is 2.24. The largest absolute Gasteiger partial charge is 0.455 e. The average Bonchev–Trinajstić information content (AvgIpc) is 3.05. The first-order chi connectivity index (χ1) is 8.65. The van der Waals surface area contributed by atoms with Gasteiger partial charge in [0.2, 0.25) is 0 Å². The predicted molar refractivity (Wildman–Crippen MR) is 57.9 cm³/mol. The van der Waals surface area contributed by atoms with Crippen LogP contribution in [-0.4, -0.2) is 21.8 Å². The van der Waals surface area contributed by atoms with Gasteiger partial charge in [-0.2, -0.15) is 0 Å². The van der Waals surface area contributed by atoms with Crippen LogP contribution in [0.25, 0.3) is 0 Å². The fraction of sp³-hybridized carbons (Fsp3) is 0.167. The number of ketones is 2. The average molecular weight is 250 g/mol. The van der Waals surface area contributed by atoms with Gasteiger partial charge >= 0.3 is 0 Å². The number of hydrogen-bond donors (Lipinski definition) is 2. The lowest BCUT2D eigenvalue weighted by Crippen LogP contribution is -2.12. The van der Waals surface area contributed by atoms with E-state index >= 15 is 0 Å². The molecule has 0 spiro atoms. The molecular weight excluding hydrogens is 240 g/mol. The minimum absolute atomic E-state index is 0.161. The topological polar surface area (TPSA) is 101 Å². The summed E-state index contributed by atoms with van der Waals surface area (Å²) in [7, 11) is 0. The summed E-state index contributed by atoms with van der Waals surface area (Å²) >= 11 is 0. The predicted octanol–water partition coefficient (Wildman–Crippen LogP) is 0.923. The lowest BCUT2D eigenvalue weighted by molar-refractivity contribution is 0.0780. The zero-order valence-corrected chi connectivity index (χ0v) is 9.25. The lowest BCUT2D eigenvalue weighted by Gasteiger charge is -1.94. The molecule has 2 heterocycles. The molecule has 94 valence electrons. The number of furan rings is 2. The van der Waals surface area contributed by atoms with Crippen molar-refractivity contribution in [1.82, 2.24) is 0 Å². The van der Waals surface area contributed by atoms with Crippen LogP contribution in [0, 0.1) is 0 Å². The van der Waals surface area contributed by atoms with Gasteiger partial charge in [0.15, 0.2) is 11.5 Å². The molecule has 0 aliphatic heterocycles. The second kappa shape index (κ2) is 4.99. The smallest absolute Gasteiger partial charge is 0.271 e. The van der Waals surface area contributed by atoms with Crippen LogP contribution in [0.15, 0.2) is 33.1 Å². The molecule has 0 fully saturated rings. The fourth-order valence-corrected chi connectivity index (χ4v) is 1.39. The minimum atomic E-state index is -0.867. The number of carbonyl (C=O) groups is 2. The van der Waals surface area contributed by atoms with Gasteiger partial charge in [-0.05, 0) is 24.3 Å². The summed E-state index contributed by atoms with van der Waals surface area (Å²) < 4.78 is 9.92. The van der Waals surface area contributed by atoms with Crippen molar-refractivity contribution in [2.75, 3.05) is 0 Å². The summed E-state index contributed by atoms with van der Waals surface area (Å²) in [5.41, 5.74) is 0. The number of carbonyl (C=O) groups excluding carboxylic acids is 2. The van der Waals surface area contributed by atoms with Crippen molar-refractivity contribution in [3.8, 4) is 0 Å². The van der Waals surface area contributed by atoms with Gasteiger partial charge in [-0.15, -0.1) is 0 Å². The molecule has 0 amide bonds. The SMILES string of the molecule is O=C(C(=O)c1ccc(CO)o1)c1ccc(CO)o1. The Morgan fingerprint density at radius 3 is 1.50 bits per heavy atom. The first kappa shape index (κ1) is 12.3. The van der Waals surface area contributed by atoms with Crippen molar-refractivity contribution in [3.63, 3.8) is 0 Å². The summed E-state index contributed by atoms with van der Waals surface area (Å²) in [4.78, 5) is 23.4. The van der Waals surface area contributed by atoms with Crippen molar-refractivity contribution >= 4 is 11.6 Å². The molecule has 6 heteroatoms. The number of rotatable bonds is 5. The molecule has 0 aromatic carbocycles. The molecule has 18 heavy (non-hydrogen) atoms. The molecular formula is C12H10O6. The van der Waals surface area contributed by atoms with Crippen LogP contribution in [0.4, 0.5) is 0 Å². The van der Waals surface area contributed by atoms with E-state index < -0.39 is 11.6 Å². The minimum Gasteiger partial charge on any atom is -0.455 e. The standard InChI is InChI=1S/C12H10O6/c13-5-7-1-3-9(17-7)11(15)12(16)10-4-2-8(6-14)18-10/h1-4,13-14H,5-6H2. The van der Waals surface area contributed by atoms with Crippen molar-refractivity contribution in [3.05, 3.63) is 47.3 Å². The number of aliphatic hydroxyl groups excluding tert-OH is 2. The van der Waals surface area contributed by atoms with Crippen LogP contribution in [0.2, 0.25) is 0 Å². The molecule has 6 nitrogen and oxygen atoms in total. The molecule has 0 atom stereocenters. The number of aliphatic hydroxyl groups is 2. The zero-order valence-electron chi connectivity index (χ0n) is 9.25. The van der Waals surface area contributed by atoms with Gasteiger partial charge in [-0.25, -0.2) is 0 Å². The summed E-state index contributed by atoms with van der Waals surface area (Å²) in [6.07, 6.45) is 0. The van der Waals surface area contributed by atoms with Crippen LogP contribution in [0.5, 0.6) is 0 Å². The highest BCUT2D eigenvalue weighted by molar-refractivity contribution is 6.47. The Kier molecular flexibility index (Phi) is 3.40. The van der Waals surface area contributed by atoms with Crippen molar-refractivity contribution < 1.29 is 28.6 Å². The molecule has 0 bridgehead atoms. The van der Waals surface area contributed by atoms with Gasteiger partial charge in [-0.3, -0.25) is 9.59 Å². The van der Waals surface area contributed by atoms with E-state index in [2.05, 4.69) is 0 Å². The van der Waals surface area contributed by atoms with E-state index in [-0.39, 0.29) is 36.3 Å². The Labute approximate surface area is 101 Å². The normalized spacial score (nSPS) is 10.6. The monoisotopic (exact) mass is 250 g/mol. The highest BCUT2D eigenvalue weighted by Gasteiger charge is 2.24. The molecule has 2 aromatic rings. The summed E-state index contributed by atoms with van der Waals surface area (Å²) in [6, 6.07) is 5.42. The molecule has 0 radical (unpaired) electrons. The number of hydrogen-bond acceptors (Lipinski definition) is 6. The van der Waals surface area contributed by atoms with Gasteiger partial charge < -0.3 is 19.0 Å². The number of Topliss-reactive ketones (excluding diaryl/α,β-unsaturated/α-hetero) is 2. The second-order valence-corrected chi connectivity index (χ2v) is 3.51. The Hall–Kier alpha value is -2.18. The molecule has 2 N–H and O–H groups in total. The van der Waals surface area contributed by atoms with E-state index in [1.165, 1.54) is 24.3 Å². The third-order valence-corrected chi connectivity index (χ3v) is 2.29. The molecule has 0 saturated heterocycles. The Morgan fingerprint density at radius 2 is 1.22 bits per heavy atom. The van der Waals surface area contributed by atoms with Gasteiger partial charge in [-0.1, -0.05) is 0 Å². The van der Waals surface area contributed by atoms with Crippen LogP contribution >= 0.6 is 0 Å². The van der Waals surface area contributed by atoms with Gasteiger partial charge in [0.1, 0.15) is 24.7 Å². The molecule has 0 unspecified atom stereocenters. The third-order valence-electron chi connectivity index (χ3n) is 2.29. The van der Waals surface area contributed by atoms with E-state index in [0.717, 1.165) is 0 Å². The van der Waals surface area contributed by atoms with E-state index in [1.807, 2.05) is 0 Å². The fourth-order valence-electron chi connectivity index (χ4n) is 1.39. The van der Waals surface area contributed by atoms with Crippen molar-refractivity contribution in [2.24, 2.45) is 0 Å². The van der Waals surface area contributed by atoms with Crippen LogP contribution in [0.3, 0.4) is 0 Å². The lowest BCUT2D eigenvalue weighted by atomic mass is 10.2. The summed E-state index contributed by atoms with van der Waals surface area (Å²) in [5, 5.41) is 17.6. The molecule has 0 saturated carbocycles. The van der Waals surface area contributed by atoms with Crippen LogP contribution in [0.1, 0.15) is 32.6 Å². The summed E-state index contributed by atoms with van der Waals surface area (Å²) in [6.45, 7) is -0.701. The first-order valence-corrected chi connectivity index (χ1v) is 5.14. The maximum Gasteiger partial charge on any atom is 0.271 e. The maximum absolute atomic E-state index is 11.7. The first-order valence-electron chi connectivity index (χ1n) is 5.14. The highest BCUT2D eigenvalue weighted by Crippen LogP contribution is 2.14. The van der Waals surface area contributed by atoms with E-state index in [9.17, 15) is 9.59 Å². The zero-order chi connectivity index (χ0) is 13.1. The van der Waals surface area contributed by atoms with Gasteiger partial charge in [0.05, 0.1) is 0 Å². The highest BCUT2D eigenvalue weighted by atomic mass is 16.4. The van der Waals surface area contributed by atoms with Gasteiger partial charge in [0, 0.05) is 0 Å². The van der Waals surface area contributed by atoms with E-state index in [0.29, 0.717) is 0 Å². The van der Waals surface area contributed by atoms with Crippen LogP contribution < -0.4 is 0 Å². The van der Waals surface area contributed by atoms with Crippen molar-refractivity contribution in [2.45, 2.75) is 13.2 Å². The molecule has 2 rings (SSSR count). The molecule has 0 aliphatic carbocycles. The Bertz CT molecular complexity index is 525. The van der Waals surface area contributed by atoms with Crippen molar-refractivity contribution in [1.29, 1.82) is 0 Å². The van der Waals surface area contributed by atoms with Gasteiger partial charge in [0.25, 0.3) is 11.6 Å². The van der Waals surface area contributed by atoms with Crippen LogP contribution in [-0.2, 0) is 13.2 Å². The Morgan fingerprint density at radius 1 is 0.833 bits per heavy atom. The maximum atomic E-state index is 11.7. The van der Waals surface area contributed by atoms with E-state index in [4.69, 9.17) is 19.0 Å². The summed E-state index contributed by atoms with van der Waals surface area (Å²) in [5.74, 6) is -1.66. The second-order valence-electron chi connectivity index (χ2n) is 3.51. The quantitative estimate of drug-likeness (QED) is 0.604.